The van der Waals surface area contributed by atoms with Crippen molar-refractivity contribution in [2.75, 3.05) is 5.50 Å². The van der Waals surface area contributed by atoms with Gasteiger partial charge in [-0.05, 0) is 13.8 Å². The molecular weight excluding hydrogens is 124 g/mol. The van der Waals surface area contributed by atoms with Gasteiger partial charge in [0.05, 0.1) is 9.52 Å². The summed E-state index contributed by atoms with van der Waals surface area (Å²) in [6.45, 7) is 4.17. The number of hydrogen-bond acceptors (Lipinski definition) is 0. The number of rotatable bonds is 2. The van der Waals surface area contributed by atoms with E-state index in [1.807, 2.05) is 0 Å². The van der Waals surface area contributed by atoms with Crippen molar-refractivity contribution in [2.45, 2.75) is 13.8 Å². The fraction of sp³-hybridized carbons (Fsp3) is 0.600. The summed E-state index contributed by atoms with van der Waals surface area (Å²) in [6, 6.07) is 0. The number of allylic oxidation sites excluding steroid dienone is 1. The molecule has 0 rings (SSSR count). The van der Waals surface area contributed by atoms with Crippen LogP contribution in [0.15, 0.2) is 11.3 Å². The molecule has 0 unspecified atom stereocenters. The Morgan fingerprint density at radius 1 is 1.71 bits per heavy atom. The van der Waals surface area contributed by atoms with Crippen molar-refractivity contribution < 1.29 is 0 Å². The van der Waals surface area contributed by atoms with E-state index in [9.17, 15) is 0 Å². The summed E-state index contributed by atoms with van der Waals surface area (Å²) in [5.74, 6) is 0. The molecule has 40 valence electrons. The van der Waals surface area contributed by atoms with Gasteiger partial charge in [-0.3, -0.25) is 0 Å². The first kappa shape index (κ1) is 7.25. The third kappa shape index (κ3) is 6.25. The van der Waals surface area contributed by atoms with E-state index in [1.54, 1.807) is 0 Å². The molecule has 0 amide bonds. The predicted octanol–water partition coefficient (Wildman–Crippen LogP) is 1.81. The molecule has 7 heavy (non-hydrogen) atoms. The first-order valence-electron chi connectivity index (χ1n) is 2.20. The topological polar surface area (TPSA) is 0 Å². The molecule has 2 heteroatoms. The highest BCUT2D eigenvalue weighted by Gasteiger charge is 1.76. The van der Waals surface area contributed by atoms with Gasteiger partial charge in [0.15, 0.2) is 0 Å². The lowest BCUT2D eigenvalue weighted by molar-refractivity contribution is 1.41. The smallest absolute Gasteiger partial charge is 0.0884 e. The van der Waals surface area contributed by atoms with Gasteiger partial charge in [-0.2, -0.15) is 0 Å². The number of alkyl halides is 1. The van der Waals surface area contributed by atoms with Crippen LogP contribution in [0.5, 0.6) is 0 Å². The summed E-state index contributed by atoms with van der Waals surface area (Å²) in [4.78, 5) is 0. The highest BCUT2D eigenvalue weighted by Crippen LogP contribution is 1.85. The zero-order valence-electron chi connectivity index (χ0n) is 4.66. The van der Waals surface area contributed by atoms with Gasteiger partial charge in [0.1, 0.15) is 0 Å². The quantitative estimate of drug-likeness (QED) is 0.397. The van der Waals surface area contributed by atoms with Crippen LogP contribution in [0.25, 0.3) is 0 Å². The molecule has 0 saturated heterocycles. The van der Waals surface area contributed by atoms with Crippen LogP contribution < -0.4 is 0 Å². The molecule has 0 N–H and O–H groups in total. The minimum atomic E-state index is 0.769. The summed E-state index contributed by atoms with van der Waals surface area (Å²) >= 11 is 5.41. The third-order valence-corrected chi connectivity index (χ3v) is 1.87. The van der Waals surface area contributed by atoms with Gasteiger partial charge in [0.25, 0.3) is 0 Å². The van der Waals surface area contributed by atoms with Crippen LogP contribution in [0.2, 0.25) is 0 Å². The van der Waals surface area contributed by atoms with E-state index in [0.717, 1.165) is 15.0 Å². The van der Waals surface area contributed by atoms with E-state index < -0.39 is 0 Å². The minimum absolute atomic E-state index is 0.769. The molecule has 2 radical (unpaired) electrons. The first-order chi connectivity index (χ1) is 3.27. The minimum Gasteiger partial charge on any atom is -0.130 e. The summed E-state index contributed by atoms with van der Waals surface area (Å²) in [5, 5.41) is 0. The van der Waals surface area contributed by atoms with Crippen LogP contribution in [0.3, 0.4) is 0 Å². The van der Waals surface area contributed by atoms with E-state index in [4.69, 9.17) is 11.6 Å². The molecule has 0 saturated carbocycles. The number of halogens is 1. The van der Waals surface area contributed by atoms with Crippen LogP contribution in [-0.2, 0) is 0 Å². The lowest BCUT2D eigenvalue weighted by Gasteiger charge is -1.82. The summed E-state index contributed by atoms with van der Waals surface area (Å²) < 4.78 is 0. The van der Waals surface area contributed by atoms with E-state index in [0.29, 0.717) is 0 Å². The second-order valence-electron chi connectivity index (χ2n) is 1.56. The Labute approximate surface area is 52.4 Å². The maximum absolute atomic E-state index is 5.41. The normalized spacial score (nSPS) is 8.43. The number of hydrogen-bond donors (Lipinski definition) is 0. The molecule has 0 aliphatic carbocycles. The maximum Gasteiger partial charge on any atom is 0.0884 e. The Balaban J connectivity index is 3.08. The van der Waals surface area contributed by atoms with Crippen LogP contribution in [0.1, 0.15) is 13.8 Å². The SMILES string of the molecule is CC(C)=C[Si]CCl. The van der Waals surface area contributed by atoms with Gasteiger partial charge in [0.2, 0.25) is 0 Å². The van der Waals surface area contributed by atoms with E-state index in [2.05, 4.69) is 19.5 Å². The molecule has 0 aliphatic rings. The van der Waals surface area contributed by atoms with Gasteiger partial charge >= 0.3 is 0 Å². The maximum atomic E-state index is 5.41. The van der Waals surface area contributed by atoms with Crippen molar-refractivity contribution in [1.29, 1.82) is 0 Å². The van der Waals surface area contributed by atoms with Crippen molar-refractivity contribution in [3.05, 3.63) is 11.3 Å². The summed E-state index contributed by atoms with van der Waals surface area (Å²) in [7, 11) is 0.799. The molecule has 0 aromatic carbocycles. The third-order valence-electron chi connectivity index (χ3n) is 0.468. The Hall–Kier alpha value is 0.247. The van der Waals surface area contributed by atoms with Crippen molar-refractivity contribution in [1.82, 2.24) is 0 Å². The molecule has 0 heterocycles. The van der Waals surface area contributed by atoms with Gasteiger partial charge in [-0.1, -0.05) is 11.3 Å². The van der Waals surface area contributed by atoms with Crippen molar-refractivity contribution in [3.8, 4) is 0 Å². The van der Waals surface area contributed by atoms with E-state index >= 15 is 0 Å². The molecule has 0 aliphatic heterocycles. The van der Waals surface area contributed by atoms with Crippen molar-refractivity contribution in [3.63, 3.8) is 0 Å². The van der Waals surface area contributed by atoms with Gasteiger partial charge in [-0.15, -0.1) is 11.6 Å². The Morgan fingerprint density at radius 3 is 2.43 bits per heavy atom. The van der Waals surface area contributed by atoms with Crippen molar-refractivity contribution >= 4 is 21.1 Å². The zero-order chi connectivity index (χ0) is 5.70. The molecule has 0 atom stereocenters. The van der Waals surface area contributed by atoms with Crippen LogP contribution in [-0.4, -0.2) is 15.0 Å². The molecular formula is C5H9ClSi. The first-order valence-corrected chi connectivity index (χ1v) is 4.02. The van der Waals surface area contributed by atoms with Gasteiger partial charge < -0.3 is 0 Å². The lowest BCUT2D eigenvalue weighted by atomic mass is 10.4. The van der Waals surface area contributed by atoms with Gasteiger partial charge in [-0.25, -0.2) is 0 Å². The second-order valence-corrected chi connectivity index (χ2v) is 3.33. The largest absolute Gasteiger partial charge is 0.130 e. The zero-order valence-corrected chi connectivity index (χ0v) is 6.42. The molecule has 0 aromatic rings. The highest BCUT2D eigenvalue weighted by molar-refractivity contribution is 6.54. The second kappa shape index (κ2) is 4.41. The summed E-state index contributed by atoms with van der Waals surface area (Å²) in [5.41, 5.74) is 4.29. The fourth-order valence-corrected chi connectivity index (χ4v) is 0.960. The Kier molecular flexibility index (Phi) is 4.56. The lowest BCUT2D eigenvalue weighted by Crippen LogP contribution is -1.85. The molecule has 0 bridgehead atoms. The standard InChI is InChI=1S/C5H9ClSi/c1-5(2)3-7-4-6/h3H,4H2,1-2H3. The Bertz CT molecular complexity index is 64.5. The predicted molar refractivity (Wildman–Crippen MR) is 35.9 cm³/mol. The average Bonchev–Trinajstić information content (AvgIpc) is 1.61. The molecule has 0 fully saturated rings. The fourth-order valence-electron chi connectivity index (χ4n) is 0.243. The molecule has 0 aromatic heterocycles. The molecule has 0 nitrogen and oxygen atoms in total. The summed E-state index contributed by atoms with van der Waals surface area (Å²) in [6.07, 6.45) is 0. The van der Waals surface area contributed by atoms with Crippen LogP contribution in [0.4, 0.5) is 0 Å². The monoisotopic (exact) mass is 132 g/mol. The highest BCUT2D eigenvalue weighted by atomic mass is 35.5. The van der Waals surface area contributed by atoms with Crippen LogP contribution in [0, 0.1) is 0 Å². The molecule has 0 spiro atoms. The average molecular weight is 133 g/mol. The van der Waals surface area contributed by atoms with E-state index in [1.165, 1.54) is 5.57 Å². The van der Waals surface area contributed by atoms with Crippen LogP contribution >= 0.6 is 11.6 Å². The van der Waals surface area contributed by atoms with E-state index in [-0.39, 0.29) is 0 Å². The van der Waals surface area contributed by atoms with Gasteiger partial charge in [0, 0.05) is 5.50 Å². The Morgan fingerprint density at radius 2 is 2.29 bits per heavy atom. The van der Waals surface area contributed by atoms with Crippen molar-refractivity contribution in [2.24, 2.45) is 0 Å².